The summed E-state index contributed by atoms with van der Waals surface area (Å²) in [4.78, 5) is 13.6. The van der Waals surface area contributed by atoms with Gasteiger partial charge in [-0.3, -0.25) is 4.79 Å². The average Bonchev–Trinajstić information content (AvgIpc) is 2.43. The Morgan fingerprint density at radius 1 is 1.35 bits per heavy atom. The second kappa shape index (κ2) is 9.61. The van der Waals surface area contributed by atoms with Crippen molar-refractivity contribution in [3.63, 3.8) is 0 Å². The highest BCUT2D eigenvalue weighted by atomic mass is 35.5. The van der Waals surface area contributed by atoms with E-state index in [1.165, 1.54) is 0 Å². The molecule has 0 radical (unpaired) electrons. The van der Waals surface area contributed by atoms with E-state index in [0.717, 1.165) is 17.9 Å². The highest BCUT2D eigenvalue weighted by Gasteiger charge is 2.05. The van der Waals surface area contributed by atoms with Gasteiger partial charge in [-0.1, -0.05) is 18.2 Å². The van der Waals surface area contributed by atoms with E-state index in [9.17, 15) is 4.79 Å². The maximum Gasteiger partial charge on any atom is 0.220 e. The summed E-state index contributed by atoms with van der Waals surface area (Å²) in [5.41, 5.74) is 0.991. The van der Waals surface area contributed by atoms with Crippen LogP contribution in [0.4, 0.5) is 0 Å². The number of benzene rings is 1. The standard InChI is InChI=1S/C15H23ClN2O2/c1-18(2)10-11-20-14-7-4-3-6-13(14)12-17-15(19)8-5-9-16/h3-4,6-7H,5,8-12H2,1-2H3,(H,17,19). The Hall–Kier alpha value is -1.26. The molecule has 0 fully saturated rings. The molecule has 1 aromatic rings. The van der Waals surface area contributed by atoms with Crippen LogP contribution in [0.2, 0.25) is 0 Å². The summed E-state index contributed by atoms with van der Waals surface area (Å²) in [6, 6.07) is 7.77. The predicted octanol–water partition coefficient (Wildman–Crippen LogP) is 2.26. The molecule has 0 aromatic heterocycles. The van der Waals surface area contributed by atoms with Gasteiger partial charge in [0.1, 0.15) is 12.4 Å². The normalized spacial score (nSPS) is 10.6. The van der Waals surface area contributed by atoms with Gasteiger partial charge in [-0.25, -0.2) is 0 Å². The third kappa shape index (κ3) is 6.78. The van der Waals surface area contributed by atoms with Crippen LogP contribution in [-0.2, 0) is 11.3 Å². The highest BCUT2D eigenvalue weighted by molar-refractivity contribution is 6.17. The molecule has 1 aromatic carbocycles. The molecular weight excluding hydrogens is 276 g/mol. The van der Waals surface area contributed by atoms with Gasteiger partial charge in [0.15, 0.2) is 0 Å². The third-order valence-corrected chi connectivity index (χ3v) is 3.05. The lowest BCUT2D eigenvalue weighted by atomic mass is 10.2. The molecule has 0 aliphatic carbocycles. The number of rotatable bonds is 9. The van der Waals surface area contributed by atoms with E-state index in [1.807, 2.05) is 38.4 Å². The Bertz CT molecular complexity index is 411. The average molecular weight is 299 g/mol. The first kappa shape index (κ1) is 16.8. The largest absolute Gasteiger partial charge is 0.492 e. The van der Waals surface area contributed by atoms with Gasteiger partial charge in [0, 0.05) is 31.0 Å². The molecule has 0 atom stereocenters. The molecule has 112 valence electrons. The molecule has 1 rings (SSSR count). The van der Waals surface area contributed by atoms with Crippen LogP contribution in [0.25, 0.3) is 0 Å². The summed E-state index contributed by atoms with van der Waals surface area (Å²) < 4.78 is 5.75. The summed E-state index contributed by atoms with van der Waals surface area (Å²) in [5, 5.41) is 2.89. The molecule has 0 bridgehead atoms. The molecule has 0 saturated carbocycles. The van der Waals surface area contributed by atoms with Gasteiger partial charge in [-0.15, -0.1) is 11.6 Å². The number of hydrogen-bond acceptors (Lipinski definition) is 3. The summed E-state index contributed by atoms with van der Waals surface area (Å²) in [6.07, 6.45) is 1.17. The van der Waals surface area contributed by atoms with Crippen molar-refractivity contribution in [3.05, 3.63) is 29.8 Å². The van der Waals surface area contributed by atoms with Crippen molar-refractivity contribution in [1.29, 1.82) is 0 Å². The summed E-state index contributed by atoms with van der Waals surface area (Å²) in [5.74, 6) is 1.36. The Morgan fingerprint density at radius 3 is 2.80 bits per heavy atom. The van der Waals surface area contributed by atoms with Crippen molar-refractivity contribution < 1.29 is 9.53 Å². The lowest BCUT2D eigenvalue weighted by molar-refractivity contribution is -0.121. The quantitative estimate of drug-likeness (QED) is 0.711. The van der Waals surface area contributed by atoms with Crippen molar-refractivity contribution in [1.82, 2.24) is 10.2 Å². The lowest BCUT2D eigenvalue weighted by Gasteiger charge is -2.14. The van der Waals surface area contributed by atoms with Gasteiger partial charge in [0.2, 0.25) is 5.91 Å². The van der Waals surface area contributed by atoms with E-state index in [1.54, 1.807) is 0 Å². The number of alkyl halides is 1. The van der Waals surface area contributed by atoms with Gasteiger partial charge in [-0.05, 0) is 26.6 Å². The second-order valence-corrected chi connectivity index (χ2v) is 5.21. The minimum absolute atomic E-state index is 0.0220. The molecule has 20 heavy (non-hydrogen) atoms. The molecule has 0 spiro atoms. The smallest absolute Gasteiger partial charge is 0.220 e. The van der Waals surface area contributed by atoms with Crippen molar-refractivity contribution in [3.8, 4) is 5.75 Å². The van der Waals surface area contributed by atoms with E-state index in [4.69, 9.17) is 16.3 Å². The van der Waals surface area contributed by atoms with Crippen LogP contribution in [0, 0.1) is 0 Å². The van der Waals surface area contributed by atoms with Crippen LogP contribution < -0.4 is 10.1 Å². The van der Waals surface area contributed by atoms with E-state index in [0.29, 0.717) is 31.9 Å². The zero-order chi connectivity index (χ0) is 14.8. The number of hydrogen-bond donors (Lipinski definition) is 1. The molecule has 1 N–H and O–H groups in total. The van der Waals surface area contributed by atoms with Crippen LogP contribution in [0.1, 0.15) is 18.4 Å². The van der Waals surface area contributed by atoms with E-state index in [-0.39, 0.29) is 5.91 Å². The zero-order valence-electron chi connectivity index (χ0n) is 12.2. The Balaban J connectivity index is 2.46. The summed E-state index contributed by atoms with van der Waals surface area (Å²) in [6.45, 7) is 1.97. The number of carbonyl (C=O) groups is 1. The molecule has 4 nitrogen and oxygen atoms in total. The fraction of sp³-hybridized carbons (Fsp3) is 0.533. The Labute approximate surface area is 126 Å². The topological polar surface area (TPSA) is 41.6 Å². The van der Waals surface area contributed by atoms with Gasteiger partial charge in [-0.2, -0.15) is 0 Å². The summed E-state index contributed by atoms with van der Waals surface area (Å²) in [7, 11) is 4.01. The second-order valence-electron chi connectivity index (χ2n) is 4.83. The Kier molecular flexibility index (Phi) is 8.07. The minimum atomic E-state index is 0.0220. The lowest BCUT2D eigenvalue weighted by Crippen LogP contribution is -2.23. The maximum atomic E-state index is 11.6. The molecule has 0 heterocycles. The molecule has 0 aliphatic heterocycles. The van der Waals surface area contributed by atoms with Gasteiger partial charge in [0.05, 0.1) is 0 Å². The molecule has 1 amide bonds. The first-order chi connectivity index (χ1) is 9.63. The van der Waals surface area contributed by atoms with E-state index >= 15 is 0 Å². The number of nitrogens with one attached hydrogen (secondary N) is 1. The number of halogens is 1. The van der Waals surface area contributed by atoms with Crippen LogP contribution in [0.5, 0.6) is 5.75 Å². The van der Waals surface area contributed by atoms with Crippen LogP contribution in [0.15, 0.2) is 24.3 Å². The number of para-hydroxylation sites is 1. The van der Waals surface area contributed by atoms with Gasteiger partial charge in [0.25, 0.3) is 0 Å². The molecule has 5 heteroatoms. The van der Waals surface area contributed by atoms with Crippen molar-refractivity contribution in [2.45, 2.75) is 19.4 Å². The fourth-order valence-electron chi connectivity index (χ4n) is 1.64. The van der Waals surface area contributed by atoms with Crippen LogP contribution in [-0.4, -0.2) is 43.9 Å². The maximum absolute atomic E-state index is 11.6. The predicted molar refractivity (Wildman–Crippen MR) is 82.3 cm³/mol. The van der Waals surface area contributed by atoms with Gasteiger partial charge >= 0.3 is 0 Å². The molecular formula is C15H23ClN2O2. The first-order valence-electron chi connectivity index (χ1n) is 6.81. The van der Waals surface area contributed by atoms with E-state index < -0.39 is 0 Å². The molecule has 0 saturated heterocycles. The number of likely N-dealkylation sites (N-methyl/N-ethyl adjacent to an activating group) is 1. The molecule has 0 unspecified atom stereocenters. The SMILES string of the molecule is CN(C)CCOc1ccccc1CNC(=O)CCCCl. The van der Waals surface area contributed by atoms with Crippen LogP contribution >= 0.6 is 11.6 Å². The monoisotopic (exact) mass is 298 g/mol. The number of carbonyl (C=O) groups excluding carboxylic acids is 1. The minimum Gasteiger partial charge on any atom is -0.492 e. The zero-order valence-corrected chi connectivity index (χ0v) is 12.9. The fourth-order valence-corrected chi connectivity index (χ4v) is 1.77. The third-order valence-electron chi connectivity index (χ3n) is 2.78. The van der Waals surface area contributed by atoms with E-state index in [2.05, 4.69) is 10.2 Å². The van der Waals surface area contributed by atoms with Crippen molar-refractivity contribution in [2.75, 3.05) is 33.1 Å². The number of nitrogens with zero attached hydrogens (tertiary/aromatic N) is 1. The summed E-state index contributed by atoms with van der Waals surface area (Å²) >= 11 is 5.57. The van der Waals surface area contributed by atoms with Crippen molar-refractivity contribution in [2.24, 2.45) is 0 Å². The number of amides is 1. The molecule has 0 aliphatic rings. The Morgan fingerprint density at radius 2 is 2.10 bits per heavy atom. The van der Waals surface area contributed by atoms with Crippen LogP contribution in [0.3, 0.4) is 0 Å². The first-order valence-corrected chi connectivity index (χ1v) is 7.35. The highest BCUT2D eigenvalue weighted by Crippen LogP contribution is 2.17. The number of ether oxygens (including phenoxy) is 1. The van der Waals surface area contributed by atoms with Gasteiger partial charge < -0.3 is 15.0 Å². The van der Waals surface area contributed by atoms with Crippen molar-refractivity contribution >= 4 is 17.5 Å².